The Labute approximate surface area is 125 Å². The van der Waals surface area contributed by atoms with Gasteiger partial charge in [0.2, 0.25) is 20.8 Å². The van der Waals surface area contributed by atoms with Crippen LogP contribution in [0.3, 0.4) is 0 Å². The van der Waals surface area contributed by atoms with E-state index in [0.717, 1.165) is 5.56 Å². The summed E-state index contributed by atoms with van der Waals surface area (Å²) in [5, 5.41) is 2.98. The molecule has 110 valence electrons. The zero-order chi connectivity index (χ0) is 15.0. The molecule has 1 unspecified atom stereocenters. The number of anilines is 1. The second-order valence-electron chi connectivity index (χ2n) is 4.72. The van der Waals surface area contributed by atoms with Gasteiger partial charge in [0.05, 0.1) is 0 Å². The zero-order valence-corrected chi connectivity index (χ0v) is 12.3. The van der Waals surface area contributed by atoms with E-state index < -0.39 is 14.3 Å². The SMILES string of the molecule is O=C1CC(S(=O)(=O)Cl)CN1c1cc(-c2ccccc2)no1. The molecular formula is C13H11ClN2O4S. The maximum atomic E-state index is 11.9. The van der Waals surface area contributed by atoms with Crippen LogP contribution in [0.4, 0.5) is 5.88 Å². The van der Waals surface area contributed by atoms with E-state index in [1.807, 2.05) is 30.3 Å². The van der Waals surface area contributed by atoms with Crippen molar-refractivity contribution in [3.05, 3.63) is 36.4 Å². The topological polar surface area (TPSA) is 80.5 Å². The lowest BCUT2D eigenvalue weighted by Gasteiger charge is -2.10. The molecule has 1 atom stereocenters. The van der Waals surface area contributed by atoms with Gasteiger partial charge in [0.1, 0.15) is 10.9 Å². The molecule has 1 aliphatic rings. The Morgan fingerprint density at radius 3 is 2.62 bits per heavy atom. The first-order chi connectivity index (χ1) is 9.95. The van der Waals surface area contributed by atoms with Gasteiger partial charge in [-0.1, -0.05) is 35.5 Å². The second kappa shape index (κ2) is 5.16. The van der Waals surface area contributed by atoms with Crippen LogP contribution < -0.4 is 4.90 Å². The Hall–Kier alpha value is -1.86. The fourth-order valence-corrected chi connectivity index (χ4v) is 3.24. The largest absolute Gasteiger partial charge is 0.338 e. The van der Waals surface area contributed by atoms with Gasteiger partial charge in [-0.05, 0) is 0 Å². The summed E-state index contributed by atoms with van der Waals surface area (Å²) in [6.07, 6.45) is -0.146. The molecule has 0 saturated carbocycles. The molecule has 1 fully saturated rings. The molecule has 1 aromatic carbocycles. The van der Waals surface area contributed by atoms with Gasteiger partial charge in [0.25, 0.3) is 0 Å². The Morgan fingerprint density at radius 2 is 2.00 bits per heavy atom. The van der Waals surface area contributed by atoms with E-state index in [2.05, 4.69) is 5.16 Å². The number of rotatable bonds is 3. The smallest absolute Gasteiger partial charge is 0.237 e. The predicted octanol–water partition coefficient (Wildman–Crippen LogP) is 2.02. The van der Waals surface area contributed by atoms with Gasteiger partial charge in [-0.15, -0.1) is 0 Å². The monoisotopic (exact) mass is 326 g/mol. The summed E-state index contributed by atoms with van der Waals surface area (Å²) in [6, 6.07) is 10.9. The Balaban J connectivity index is 1.86. The third-order valence-electron chi connectivity index (χ3n) is 3.32. The van der Waals surface area contributed by atoms with Crippen molar-refractivity contribution >= 4 is 31.5 Å². The molecule has 2 aromatic rings. The van der Waals surface area contributed by atoms with E-state index in [0.29, 0.717) is 5.69 Å². The molecule has 0 radical (unpaired) electrons. The lowest BCUT2D eigenvalue weighted by molar-refractivity contribution is -0.117. The van der Waals surface area contributed by atoms with Crippen molar-refractivity contribution in [3.63, 3.8) is 0 Å². The Kier molecular flexibility index (Phi) is 3.46. The summed E-state index contributed by atoms with van der Waals surface area (Å²) >= 11 is 0. The minimum Gasteiger partial charge on any atom is -0.338 e. The van der Waals surface area contributed by atoms with E-state index in [4.69, 9.17) is 15.2 Å². The van der Waals surface area contributed by atoms with E-state index in [1.54, 1.807) is 6.07 Å². The number of aromatic nitrogens is 1. The van der Waals surface area contributed by atoms with E-state index in [-0.39, 0.29) is 24.8 Å². The number of hydrogen-bond acceptors (Lipinski definition) is 5. The zero-order valence-electron chi connectivity index (χ0n) is 10.8. The van der Waals surface area contributed by atoms with E-state index in [1.165, 1.54) is 4.90 Å². The minimum absolute atomic E-state index is 0.0198. The average Bonchev–Trinajstić information content (AvgIpc) is 3.05. The Morgan fingerprint density at radius 1 is 1.29 bits per heavy atom. The highest BCUT2D eigenvalue weighted by molar-refractivity contribution is 8.14. The average molecular weight is 327 g/mol. The highest BCUT2D eigenvalue weighted by Crippen LogP contribution is 2.29. The second-order valence-corrected chi connectivity index (χ2v) is 7.63. The van der Waals surface area contributed by atoms with Gasteiger partial charge in [-0.3, -0.25) is 9.69 Å². The molecule has 0 aliphatic carbocycles. The number of nitrogens with zero attached hydrogens (tertiary/aromatic N) is 2. The first-order valence-corrected chi connectivity index (χ1v) is 8.58. The van der Waals surface area contributed by atoms with Crippen LogP contribution in [0.25, 0.3) is 11.3 Å². The summed E-state index contributed by atoms with van der Waals surface area (Å²) in [5.74, 6) is -0.123. The Bertz CT molecular complexity index is 772. The van der Waals surface area contributed by atoms with Crippen LogP contribution in [0.2, 0.25) is 0 Å². The summed E-state index contributed by atoms with van der Waals surface area (Å²) < 4.78 is 27.8. The van der Waals surface area contributed by atoms with Gasteiger partial charge >= 0.3 is 0 Å². The van der Waals surface area contributed by atoms with Crippen molar-refractivity contribution in [2.24, 2.45) is 0 Å². The van der Waals surface area contributed by atoms with Gasteiger partial charge < -0.3 is 4.52 Å². The van der Waals surface area contributed by atoms with Crippen molar-refractivity contribution in [3.8, 4) is 11.3 Å². The molecule has 0 spiro atoms. The van der Waals surface area contributed by atoms with Crippen LogP contribution in [0.1, 0.15) is 6.42 Å². The molecule has 1 amide bonds. The molecule has 6 nitrogen and oxygen atoms in total. The van der Waals surface area contributed by atoms with Gasteiger partial charge in [-0.25, -0.2) is 8.42 Å². The summed E-state index contributed by atoms with van der Waals surface area (Å²) in [5.41, 5.74) is 1.43. The lowest BCUT2D eigenvalue weighted by Crippen LogP contribution is -2.26. The first-order valence-electron chi connectivity index (χ1n) is 6.21. The molecule has 2 heterocycles. The summed E-state index contributed by atoms with van der Waals surface area (Å²) in [6.45, 7) is -0.0198. The third-order valence-corrected chi connectivity index (χ3v) is 5.19. The van der Waals surface area contributed by atoms with Crippen molar-refractivity contribution < 1.29 is 17.7 Å². The van der Waals surface area contributed by atoms with Crippen molar-refractivity contribution in [2.45, 2.75) is 11.7 Å². The van der Waals surface area contributed by atoms with Crippen molar-refractivity contribution in [1.29, 1.82) is 0 Å². The van der Waals surface area contributed by atoms with Crippen molar-refractivity contribution in [2.75, 3.05) is 11.4 Å². The predicted molar refractivity (Wildman–Crippen MR) is 77.5 cm³/mol. The van der Waals surface area contributed by atoms with Crippen molar-refractivity contribution in [1.82, 2.24) is 5.16 Å². The van der Waals surface area contributed by atoms with E-state index in [9.17, 15) is 13.2 Å². The highest BCUT2D eigenvalue weighted by atomic mass is 35.7. The minimum atomic E-state index is -3.77. The molecule has 1 aromatic heterocycles. The fraction of sp³-hybridized carbons (Fsp3) is 0.231. The molecule has 1 saturated heterocycles. The van der Waals surface area contributed by atoms with Crippen LogP contribution in [-0.4, -0.2) is 31.3 Å². The van der Waals surface area contributed by atoms with Crippen LogP contribution in [0.5, 0.6) is 0 Å². The molecule has 8 heteroatoms. The number of carbonyl (C=O) groups excluding carboxylic acids is 1. The normalized spacial score (nSPS) is 19.2. The van der Waals surface area contributed by atoms with Gasteiger partial charge in [-0.2, -0.15) is 0 Å². The molecule has 3 rings (SSSR count). The summed E-state index contributed by atoms with van der Waals surface area (Å²) in [4.78, 5) is 13.1. The van der Waals surface area contributed by atoms with Crippen LogP contribution in [0, 0.1) is 0 Å². The van der Waals surface area contributed by atoms with Crippen LogP contribution in [-0.2, 0) is 13.8 Å². The maximum absolute atomic E-state index is 11.9. The van der Waals surface area contributed by atoms with E-state index >= 15 is 0 Å². The van der Waals surface area contributed by atoms with Crippen LogP contribution in [0.15, 0.2) is 40.9 Å². The number of benzene rings is 1. The quantitative estimate of drug-likeness (QED) is 0.806. The number of halogens is 1. The van der Waals surface area contributed by atoms with Crippen LogP contribution >= 0.6 is 10.7 Å². The highest BCUT2D eigenvalue weighted by Gasteiger charge is 2.39. The first kappa shape index (κ1) is 14.1. The number of hydrogen-bond donors (Lipinski definition) is 0. The third kappa shape index (κ3) is 2.79. The lowest BCUT2D eigenvalue weighted by atomic mass is 10.1. The summed E-state index contributed by atoms with van der Waals surface area (Å²) in [7, 11) is 1.53. The number of amides is 1. The molecule has 0 N–H and O–H groups in total. The standard InChI is InChI=1S/C13H11ClN2O4S/c14-21(18,19)10-6-12(17)16(8-10)13-7-11(15-20-13)9-4-2-1-3-5-9/h1-5,7,10H,6,8H2. The number of carbonyl (C=O) groups is 1. The van der Waals surface area contributed by atoms with Gasteiger partial charge in [0.15, 0.2) is 0 Å². The molecule has 21 heavy (non-hydrogen) atoms. The molecule has 1 aliphatic heterocycles. The molecule has 0 bridgehead atoms. The van der Waals surface area contributed by atoms with Gasteiger partial charge in [0, 0.05) is 35.3 Å². The fourth-order valence-electron chi connectivity index (χ4n) is 2.21. The molecular weight excluding hydrogens is 316 g/mol. The maximum Gasteiger partial charge on any atom is 0.237 e.